The number of anilines is 1. The van der Waals surface area contributed by atoms with Crippen LogP contribution in [-0.4, -0.2) is 17.5 Å². The van der Waals surface area contributed by atoms with Crippen LogP contribution in [0.15, 0.2) is 24.3 Å². The number of carbonyl (C=O) groups is 3. The molecule has 1 amide bonds. The highest BCUT2D eigenvalue weighted by molar-refractivity contribution is 6.15. The van der Waals surface area contributed by atoms with Crippen LogP contribution < -0.4 is 5.32 Å². The first-order valence-electron chi connectivity index (χ1n) is 7.75. The van der Waals surface area contributed by atoms with Gasteiger partial charge in [-0.1, -0.05) is 13.8 Å². The Balaban J connectivity index is 1.80. The molecule has 1 aromatic carbocycles. The Morgan fingerprint density at radius 2 is 1.82 bits per heavy atom. The van der Waals surface area contributed by atoms with Gasteiger partial charge in [-0.2, -0.15) is 0 Å². The maximum absolute atomic E-state index is 12.7. The zero-order valence-corrected chi connectivity index (χ0v) is 13.2. The molecule has 2 aliphatic carbocycles. The molecule has 22 heavy (non-hydrogen) atoms. The van der Waals surface area contributed by atoms with Crippen LogP contribution in [-0.2, 0) is 9.59 Å². The van der Waals surface area contributed by atoms with Crippen LogP contribution >= 0.6 is 0 Å². The lowest BCUT2D eigenvalue weighted by Crippen LogP contribution is -2.44. The predicted octanol–water partition coefficient (Wildman–Crippen LogP) is 3.22. The summed E-state index contributed by atoms with van der Waals surface area (Å²) in [6.45, 7) is 5.41. The molecule has 0 heterocycles. The molecule has 0 saturated heterocycles. The van der Waals surface area contributed by atoms with Gasteiger partial charge in [0.05, 0.1) is 0 Å². The number of Topliss-reactive ketones (excluding diaryl/α,β-unsaturated/α-hetero) is 2. The zero-order chi connectivity index (χ0) is 16.1. The van der Waals surface area contributed by atoms with Crippen LogP contribution in [0.2, 0.25) is 0 Å². The molecule has 0 radical (unpaired) electrons. The molecule has 2 aliphatic rings. The molecule has 2 atom stereocenters. The third-order valence-corrected chi connectivity index (χ3v) is 5.54. The first-order chi connectivity index (χ1) is 10.3. The van der Waals surface area contributed by atoms with E-state index in [4.69, 9.17) is 0 Å². The highest BCUT2D eigenvalue weighted by atomic mass is 16.2. The maximum atomic E-state index is 12.7. The van der Waals surface area contributed by atoms with Gasteiger partial charge in [0.15, 0.2) is 11.6 Å². The number of nitrogens with one attached hydrogen (secondary N) is 1. The number of hydrogen-bond donors (Lipinski definition) is 1. The number of amides is 1. The molecule has 116 valence electrons. The van der Waals surface area contributed by atoms with Gasteiger partial charge in [-0.25, -0.2) is 0 Å². The normalized spacial score (nSPS) is 28.7. The first-order valence-corrected chi connectivity index (χ1v) is 7.75. The van der Waals surface area contributed by atoms with Gasteiger partial charge in [0, 0.05) is 16.7 Å². The van der Waals surface area contributed by atoms with E-state index in [-0.39, 0.29) is 17.5 Å². The molecule has 4 heteroatoms. The summed E-state index contributed by atoms with van der Waals surface area (Å²) in [6, 6.07) is 6.80. The largest absolute Gasteiger partial charge is 0.325 e. The van der Waals surface area contributed by atoms with Crippen molar-refractivity contribution in [1.29, 1.82) is 0 Å². The lowest BCUT2D eigenvalue weighted by Gasteiger charge is -2.32. The van der Waals surface area contributed by atoms with Crippen LogP contribution in [0.1, 0.15) is 50.4 Å². The van der Waals surface area contributed by atoms with Crippen LogP contribution in [0.3, 0.4) is 0 Å². The molecule has 4 nitrogen and oxygen atoms in total. The van der Waals surface area contributed by atoms with Crippen molar-refractivity contribution >= 4 is 23.2 Å². The summed E-state index contributed by atoms with van der Waals surface area (Å²) >= 11 is 0. The van der Waals surface area contributed by atoms with E-state index in [1.54, 1.807) is 24.3 Å². The molecule has 3 rings (SSSR count). The van der Waals surface area contributed by atoms with Crippen molar-refractivity contribution in [3.63, 3.8) is 0 Å². The van der Waals surface area contributed by atoms with Crippen molar-refractivity contribution in [2.24, 2.45) is 16.7 Å². The van der Waals surface area contributed by atoms with Crippen molar-refractivity contribution < 1.29 is 14.4 Å². The second-order valence-electron chi connectivity index (χ2n) is 7.16. The standard InChI is InChI=1S/C18H21NO3/c1-11(20)12-4-6-14(7-5-12)19-16(22)18-9-8-13(10-18)17(2,3)15(18)21/h4-7,13H,8-10H2,1-3H3,(H,19,22)/t13-,18-/m1/s1. The minimum Gasteiger partial charge on any atom is -0.325 e. The summed E-state index contributed by atoms with van der Waals surface area (Å²) in [7, 11) is 0. The fraction of sp³-hybridized carbons (Fsp3) is 0.500. The molecule has 2 bridgehead atoms. The first kappa shape index (κ1) is 14.9. The molecule has 1 aromatic rings. The van der Waals surface area contributed by atoms with E-state index in [0.717, 1.165) is 6.42 Å². The molecule has 2 fully saturated rings. The van der Waals surface area contributed by atoms with Gasteiger partial charge in [0.2, 0.25) is 5.91 Å². The third kappa shape index (κ3) is 2.01. The fourth-order valence-corrected chi connectivity index (χ4v) is 4.02. The van der Waals surface area contributed by atoms with E-state index >= 15 is 0 Å². The van der Waals surface area contributed by atoms with Crippen molar-refractivity contribution in [3.05, 3.63) is 29.8 Å². The highest BCUT2D eigenvalue weighted by Crippen LogP contribution is 2.60. The molecule has 2 saturated carbocycles. The minimum atomic E-state index is -0.854. The molecule has 0 unspecified atom stereocenters. The van der Waals surface area contributed by atoms with E-state index < -0.39 is 10.8 Å². The summed E-state index contributed by atoms with van der Waals surface area (Å²) in [5.74, 6) is 0.184. The molecule has 0 aliphatic heterocycles. The fourth-order valence-electron chi connectivity index (χ4n) is 4.02. The molecule has 0 aromatic heterocycles. The van der Waals surface area contributed by atoms with Gasteiger partial charge < -0.3 is 5.32 Å². The zero-order valence-electron chi connectivity index (χ0n) is 13.2. The Bertz CT molecular complexity index is 659. The number of fused-ring (bicyclic) bond motifs is 2. The Morgan fingerprint density at radius 3 is 2.32 bits per heavy atom. The Labute approximate surface area is 130 Å². The third-order valence-electron chi connectivity index (χ3n) is 5.54. The lowest BCUT2D eigenvalue weighted by atomic mass is 9.70. The predicted molar refractivity (Wildman–Crippen MR) is 83.6 cm³/mol. The van der Waals surface area contributed by atoms with Crippen molar-refractivity contribution in [3.8, 4) is 0 Å². The van der Waals surface area contributed by atoms with E-state index in [1.165, 1.54) is 6.92 Å². The second-order valence-corrected chi connectivity index (χ2v) is 7.16. The topological polar surface area (TPSA) is 63.2 Å². The molecular weight excluding hydrogens is 278 g/mol. The van der Waals surface area contributed by atoms with Gasteiger partial charge >= 0.3 is 0 Å². The molecule has 0 spiro atoms. The number of benzene rings is 1. The summed E-state index contributed by atoms with van der Waals surface area (Å²) in [5.41, 5.74) is -0.0119. The monoisotopic (exact) mass is 299 g/mol. The number of rotatable bonds is 3. The SMILES string of the molecule is CC(=O)c1ccc(NC(=O)[C@]23CC[C@H](C2)C(C)(C)C3=O)cc1. The smallest absolute Gasteiger partial charge is 0.238 e. The van der Waals surface area contributed by atoms with Crippen LogP contribution in [0.25, 0.3) is 0 Å². The van der Waals surface area contributed by atoms with Crippen molar-refractivity contribution in [2.75, 3.05) is 5.32 Å². The number of hydrogen-bond acceptors (Lipinski definition) is 3. The minimum absolute atomic E-state index is 0.0113. The maximum Gasteiger partial charge on any atom is 0.238 e. The average Bonchev–Trinajstić information content (AvgIpc) is 3.00. The van der Waals surface area contributed by atoms with Crippen molar-refractivity contribution in [1.82, 2.24) is 0 Å². The van der Waals surface area contributed by atoms with Gasteiger partial charge in [-0.15, -0.1) is 0 Å². The summed E-state index contributed by atoms with van der Waals surface area (Å²) in [4.78, 5) is 36.7. The summed E-state index contributed by atoms with van der Waals surface area (Å²) in [5, 5.41) is 2.87. The average molecular weight is 299 g/mol. The highest BCUT2D eigenvalue weighted by Gasteiger charge is 2.64. The summed E-state index contributed by atoms with van der Waals surface area (Å²) < 4.78 is 0. The Kier molecular flexibility index (Phi) is 3.24. The Morgan fingerprint density at radius 1 is 1.18 bits per heavy atom. The van der Waals surface area contributed by atoms with E-state index in [9.17, 15) is 14.4 Å². The molecular formula is C18H21NO3. The lowest BCUT2D eigenvalue weighted by molar-refractivity contribution is -0.142. The van der Waals surface area contributed by atoms with E-state index in [1.807, 2.05) is 13.8 Å². The Hall–Kier alpha value is -1.97. The summed E-state index contributed by atoms with van der Waals surface area (Å²) in [6.07, 6.45) is 2.25. The van der Waals surface area contributed by atoms with E-state index in [2.05, 4.69) is 5.32 Å². The van der Waals surface area contributed by atoms with Gasteiger partial charge in [0.25, 0.3) is 0 Å². The van der Waals surface area contributed by atoms with Gasteiger partial charge in [-0.3, -0.25) is 14.4 Å². The van der Waals surface area contributed by atoms with Crippen LogP contribution in [0.4, 0.5) is 5.69 Å². The molecule has 1 N–H and O–H groups in total. The second kappa shape index (κ2) is 4.77. The number of ketones is 2. The number of carbonyl (C=O) groups excluding carboxylic acids is 3. The van der Waals surface area contributed by atoms with Gasteiger partial charge in [0.1, 0.15) is 5.41 Å². The quantitative estimate of drug-likeness (QED) is 0.688. The van der Waals surface area contributed by atoms with Crippen molar-refractivity contribution in [2.45, 2.75) is 40.0 Å². The van der Waals surface area contributed by atoms with Crippen LogP contribution in [0.5, 0.6) is 0 Å². The van der Waals surface area contributed by atoms with Crippen LogP contribution in [0, 0.1) is 16.7 Å². The van der Waals surface area contributed by atoms with Gasteiger partial charge in [-0.05, 0) is 56.4 Å². The van der Waals surface area contributed by atoms with E-state index in [0.29, 0.717) is 30.0 Å².